The van der Waals surface area contributed by atoms with Crippen molar-refractivity contribution in [3.63, 3.8) is 0 Å². The van der Waals surface area contributed by atoms with Crippen molar-refractivity contribution in [1.29, 1.82) is 0 Å². The SMILES string of the molecule is Cc1cc(Cl)nc(Cl)c1NCc1cnco1. The van der Waals surface area contributed by atoms with Crippen LogP contribution in [0.2, 0.25) is 10.3 Å². The van der Waals surface area contributed by atoms with Crippen LogP contribution >= 0.6 is 23.2 Å². The molecule has 16 heavy (non-hydrogen) atoms. The van der Waals surface area contributed by atoms with E-state index in [1.165, 1.54) is 6.39 Å². The third-order valence-electron chi connectivity index (χ3n) is 2.06. The van der Waals surface area contributed by atoms with Crippen LogP contribution in [0.4, 0.5) is 5.69 Å². The maximum Gasteiger partial charge on any atom is 0.180 e. The summed E-state index contributed by atoms with van der Waals surface area (Å²) in [6.07, 6.45) is 3.02. The second-order valence-electron chi connectivity index (χ2n) is 3.25. The summed E-state index contributed by atoms with van der Waals surface area (Å²) in [4.78, 5) is 7.77. The maximum absolute atomic E-state index is 5.97. The van der Waals surface area contributed by atoms with Crippen molar-refractivity contribution in [3.05, 3.63) is 40.3 Å². The van der Waals surface area contributed by atoms with Crippen molar-refractivity contribution >= 4 is 28.9 Å². The lowest BCUT2D eigenvalue weighted by Crippen LogP contribution is -2.02. The minimum Gasteiger partial charge on any atom is -0.447 e. The van der Waals surface area contributed by atoms with Gasteiger partial charge in [0.2, 0.25) is 0 Å². The Bertz CT molecular complexity index is 462. The molecule has 2 heterocycles. The Morgan fingerprint density at radius 3 is 2.88 bits per heavy atom. The van der Waals surface area contributed by atoms with E-state index in [2.05, 4.69) is 15.3 Å². The van der Waals surface area contributed by atoms with Crippen LogP contribution in [0.15, 0.2) is 23.1 Å². The van der Waals surface area contributed by atoms with Crippen LogP contribution in [0.25, 0.3) is 0 Å². The molecule has 6 heteroatoms. The molecule has 84 valence electrons. The number of pyridine rings is 1. The minimum absolute atomic E-state index is 0.351. The van der Waals surface area contributed by atoms with Gasteiger partial charge in [-0.2, -0.15) is 0 Å². The molecule has 0 spiro atoms. The molecule has 0 fully saturated rings. The molecule has 1 N–H and O–H groups in total. The normalized spacial score (nSPS) is 10.4. The smallest absolute Gasteiger partial charge is 0.180 e. The van der Waals surface area contributed by atoms with Crippen molar-refractivity contribution in [2.45, 2.75) is 13.5 Å². The largest absolute Gasteiger partial charge is 0.447 e. The Kier molecular flexibility index (Phi) is 3.31. The van der Waals surface area contributed by atoms with E-state index in [1.54, 1.807) is 12.3 Å². The summed E-state index contributed by atoms with van der Waals surface area (Å²) in [5, 5.41) is 3.86. The second-order valence-corrected chi connectivity index (χ2v) is 3.99. The Morgan fingerprint density at radius 1 is 1.44 bits per heavy atom. The van der Waals surface area contributed by atoms with Crippen molar-refractivity contribution in [2.75, 3.05) is 5.32 Å². The molecular formula is C10H9Cl2N3O. The number of aromatic nitrogens is 2. The molecule has 0 bridgehead atoms. The fraction of sp³-hybridized carbons (Fsp3) is 0.200. The van der Waals surface area contributed by atoms with Gasteiger partial charge in [0, 0.05) is 0 Å². The van der Waals surface area contributed by atoms with E-state index in [0.717, 1.165) is 17.0 Å². The van der Waals surface area contributed by atoms with Gasteiger partial charge in [-0.05, 0) is 18.6 Å². The number of nitrogens with zero attached hydrogens (tertiary/aromatic N) is 2. The molecule has 0 atom stereocenters. The summed E-state index contributed by atoms with van der Waals surface area (Å²) in [6, 6.07) is 1.75. The molecule has 2 rings (SSSR count). The number of hydrogen-bond donors (Lipinski definition) is 1. The van der Waals surface area contributed by atoms with E-state index in [-0.39, 0.29) is 0 Å². The lowest BCUT2D eigenvalue weighted by atomic mass is 10.2. The van der Waals surface area contributed by atoms with E-state index < -0.39 is 0 Å². The Morgan fingerprint density at radius 2 is 2.25 bits per heavy atom. The van der Waals surface area contributed by atoms with Crippen molar-refractivity contribution in [1.82, 2.24) is 9.97 Å². The lowest BCUT2D eigenvalue weighted by molar-refractivity contribution is 0.511. The number of halogens is 2. The average Bonchev–Trinajstić information content (AvgIpc) is 2.68. The monoisotopic (exact) mass is 257 g/mol. The standard InChI is InChI=1S/C10H9Cl2N3O/c1-6-2-8(11)15-10(12)9(6)14-4-7-3-13-5-16-7/h2-3,5,14H,4H2,1H3. The summed E-state index contributed by atoms with van der Waals surface area (Å²) in [7, 11) is 0. The molecule has 0 unspecified atom stereocenters. The zero-order valence-electron chi connectivity index (χ0n) is 8.50. The highest BCUT2D eigenvalue weighted by molar-refractivity contribution is 6.34. The van der Waals surface area contributed by atoms with Gasteiger partial charge >= 0.3 is 0 Å². The van der Waals surface area contributed by atoms with Crippen LogP contribution in [0.1, 0.15) is 11.3 Å². The first-order valence-electron chi connectivity index (χ1n) is 4.60. The third kappa shape index (κ3) is 2.46. The van der Waals surface area contributed by atoms with Gasteiger partial charge in [-0.25, -0.2) is 9.97 Å². The molecule has 0 aliphatic rings. The fourth-order valence-corrected chi connectivity index (χ4v) is 1.91. The van der Waals surface area contributed by atoms with Gasteiger partial charge in [-0.3, -0.25) is 0 Å². The minimum atomic E-state index is 0.351. The third-order valence-corrected chi connectivity index (χ3v) is 2.53. The molecule has 0 saturated heterocycles. The molecule has 2 aromatic rings. The molecule has 0 aliphatic carbocycles. The molecule has 0 amide bonds. The van der Waals surface area contributed by atoms with E-state index in [1.807, 2.05) is 6.92 Å². The summed E-state index contributed by atoms with van der Waals surface area (Å²) >= 11 is 11.7. The predicted molar refractivity (Wildman–Crippen MR) is 62.8 cm³/mol. The van der Waals surface area contributed by atoms with Crippen LogP contribution in [-0.4, -0.2) is 9.97 Å². The number of aryl methyl sites for hydroxylation is 1. The topological polar surface area (TPSA) is 51.0 Å². The highest BCUT2D eigenvalue weighted by Crippen LogP contribution is 2.26. The molecule has 4 nitrogen and oxygen atoms in total. The van der Waals surface area contributed by atoms with Gasteiger partial charge in [0.25, 0.3) is 0 Å². The van der Waals surface area contributed by atoms with Gasteiger partial charge in [0.15, 0.2) is 11.5 Å². The molecule has 2 aromatic heterocycles. The average molecular weight is 258 g/mol. The van der Waals surface area contributed by atoms with E-state index in [4.69, 9.17) is 27.6 Å². The lowest BCUT2D eigenvalue weighted by Gasteiger charge is -2.09. The molecule has 0 radical (unpaired) electrons. The van der Waals surface area contributed by atoms with Gasteiger partial charge in [-0.1, -0.05) is 23.2 Å². The highest BCUT2D eigenvalue weighted by atomic mass is 35.5. The fourth-order valence-electron chi connectivity index (χ4n) is 1.31. The first-order chi connectivity index (χ1) is 7.66. The van der Waals surface area contributed by atoms with Crippen molar-refractivity contribution in [3.8, 4) is 0 Å². The Hall–Kier alpha value is -1.26. The summed E-state index contributed by atoms with van der Waals surface area (Å²) in [5.74, 6) is 0.727. The second kappa shape index (κ2) is 4.72. The first-order valence-corrected chi connectivity index (χ1v) is 5.36. The maximum atomic E-state index is 5.97. The first kappa shape index (κ1) is 11.2. The van der Waals surface area contributed by atoms with Gasteiger partial charge in [0.1, 0.15) is 10.9 Å². The Labute approximate surface area is 103 Å². The van der Waals surface area contributed by atoms with Crippen LogP contribution in [0, 0.1) is 6.92 Å². The predicted octanol–water partition coefficient (Wildman–Crippen LogP) is 3.30. The zero-order chi connectivity index (χ0) is 11.5. The van der Waals surface area contributed by atoms with E-state index in [9.17, 15) is 0 Å². The summed E-state index contributed by atoms with van der Waals surface area (Å²) < 4.78 is 5.10. The van der Waals surface area contributed by atoms with E-state index in [0.29, 0.717) is 16.9 Å². The molecule has 0 saturated carbocycles. The zero-order valence-corrected chi connectivity index (χ0v) is 10.0. The number of nitrogens with one attached hydrogen (secondary N) is 1. The van der Waals surface area contributed by atoms with Gasteiger partial charge in [-0.15, -0.1) is 0 Å². The highest BCUT2D eigenvalue weighted by Gasteiger charge is 2.07. The van der Waals surface area contributed by atoms with Crippen LogP contribution in [-0.2, 0) is 6.54 Å². The Balaban J connectivity index is 2.15. The number of oxazole rings is 1. The number of hydrogen-bond acceptors (Lipinski definition) is 4. The van der Waals surface area contributed by atoms with Crippen LogP contribution < -0.4 is 5.32 Å². The van der Waals surface area contributed by atoms with Crippen molar-refractivity contribution < 1.29 is 4.42 Å². The van der Waals surface area contributed by atoms with E-state index >= 15 is 0 Å². The molecule has 0 aromatic carbocycles. The van der Waals surface area contributed by atoms with Gasteiger partial charge < -0.3 is 9.73 Å². The molecular weight excluding hydrogens is 249 g/mol. The summed E-state index contributed by atoms with van der Waals surface area (Å²) in [6.45, 7) is 2.41. The number of anilines is 1. The summed E-state index contributed by atoms with van der Waals surface area (Å²) in [5.41, 5.74) is 1.69. The van der Waals surface area contributed by atoms with Crippen LogP contribution in [0.3, 0.4) is 0 Å². The number of rotatable bonds is 3. The van der Waals surface area contributed by atoms with Gasteiger partial charge in [0.05, 0.1) is 18.4 Å². The molecule has 0 aliphatic heterocycles. The quantitative estimate of drug-likeness (QED) is 0.858. The van der Waals surface area contributed by atoms with Crippen molar-refractivity contribution in [2.24, 2.45) is 0 Å². The van der Waals surface area contributed by atoms with Crippen LogP contribution in [0.5, 0.6) is 0 Å².